The van der Waals surface area contributed by atoms with Crippen LogP contribution in [0, 0.1) is 0 Å². The highest BCUT2D eigenvalue weighted by Gasteiger charge is 2.46. The minimum Gasteiger partial charge on any atom is -0.310 e. The van der Waals surface area contributed by atoms with E-state index in [2.05, 4.69) is 241 Å². The number of benzene rings is 10. The molecule has 0 bridgehead atoms. The number of hydrogen-bond donors (Lipinski definition) is 0. The molecule has 0 radical (unpaired) electrons. The van der Waals surface area contributed by atoms with Crippen LogP contribution in [0.15, 0.2) is 237 Å². The zero-order valence-electron chi connectivity index (χ0n) is 32.0. The molecule has 0 N–H and O–H groups in total. The molecule has 0 atom stereocenters. The highest BCUT2D eigenvalue weighted by atomic mass is 15.1. The molecule has 10 aromatic carbocycles. The van der Waals surface area contributed by atoms with Crippen molar-refractivity contribution in [3.63, 3.8) is 0 Å². The van der Waals surface area contributed by atoms with Crippen LogP contribution in [-0.2, 0) is 5.41 Å². The fourth-order valence-electron chi connectivity index (χ4n) is 9.53. The molecular weight excluding hydrogens is 699 g/mol. The Hall–Kier alpha value is -7.48. The maximum absolute atomic E-state index is 2.49. The molecule has 1 nitrogen and oxygen atoms in total. The summed E-state index contributed by atoms with van der Waals surface area (Å²) in [6.07, 6.45) is 0. The second kappa shape index (κ2) is 13.9. The Bertz CT molecular complexity index is 3040. The van der Waals surface area contributed by atoms with Crippen LogP contribution in [0.4, 0.5) is 17.1 Å². The molecule has 0 amide bonds. The third-order valence-corrected chi connectivity index (χ3v) is 12.1. The SMILES string of the molecule is c1ccc(-c2ccc(N(c3ccccc3)c3ccc4c(c3)C(c3ccccc3)(c3ccccc3)c3cc(-c5cc6ccccc6c6ccccc56)ccc3-4)cc2)cc1. The fraction of sp³-hybridized carbons (Fsp3) is 0.0175. The van der Waals surface area contributed by atoms with Crippen molar-refractivity contribution in [1.29, 1.82) is 0 Å². The topological polar surface area (TPSA) is 3.24 Å². The quantitative estimate of drug-likeness (QED) is 0.147. The van der Waals surface area contributed by atoms with Crippen molar-refractivity contribution in [1.82, 2.24) is 0 Å². The van der Waals surface area contributed by atoms with Crippen LogP contribution >= 0.6 is 0 Å². The molecule has 58 heavy (non-hydrogen) atoms. The van der Waals surface area contributed by atoms with Crippen molar-refractivity contribution in [3.8, 4) is 33.4 Å². The molecule has 0 fully saturated rings. The number of anilines is 3. The predicted octanol–water partition coefficient (Wildman–Crippen LogP) is 15.2. The van der Waals surface area contributed by atoms with Gasteiger partial charge in [-0.2, -0.15) is 0 Å². The van der Waals surface area contributed by atoms with E-state index in [0.29, 0.717) is 0 Å². The lowest BCUT2D eigenvalue weighted by molar-refractivity contribution is 0.768. The molecule has 1 heteroatoms. The number of nitrogens with zero attached hydrogens (tertiary/aromatic N) is 1. The van der Waals surface area contributed by atoms with Crippen LogP contribution in [0.2, 0.25) is 0 Å². The van der Waals surface area contributed by atoms with E-state index >= 15 is 0 Å². The normalized spacial score (nSPS) is 12.6. The number of para-hydroxylation sites is 1. The van der Waals surface area contributed by atoms with Crippen LogP contribution in [0.3, 0.4) is 0 Å². The molecule has 11 rings (SSSR count). The van der Waals surface area contributed by atoms with Gasteiger partial charge in [0.15, 0.2) is 0 Å². The zero-order valence-corrected chi connectivity index (χ0v) is 32.0. The molecule has 0 saturated carbocycles. The lowest BCUT2D eigenvalue weighted by Gasteiger charge is -2.35. The summed E-state index contributed by atoms with van der Waals surface area (Å²) in [5.74, 6) is 0. The fourth-order valence-corrected chi connectivity index (χ4v) is 9.53. The van der Waals surface area contributed by atoms with Crippen LogP contribution in [0.25, 0.3) is 54.9 Å². The van der Waals surface area contributed by atoms with Gasteiger partial charge >= 0.3 is 0 Å². The molecule has 1 aliphatic carbocycles. The van der Waals surface area contributed by atoms with E-state index in [0.717, 1.165) is 17.1 Å². The van der Waals surface area contributed by atoms with Gasteiger partial charge in [0.05, 0.1) is 5.41 Å². The number of fused-ring (bicyclic) bond motifs is 6. The van der Waals surface area contributed by atoms with E-state index in [1.54, 1.807) is 0 Å². The first-order valence-electron chi connectivity index (χ1n) is 20.1. The van der Waals surface area contributed by atoms with E-state index < -0.39 is 5.41 Å². The summed E-state index contributed by atoms with van der Waals surface area (Å²) in [4.78, 5) is 2.39. The second-order valence-electron chi connectivity index (χ2n) is 15.2. The van der Waals surface area contributed by atoms with Crippen molar-refractivity contribution in [2.75, 3.05) is 4.90 Å². The molecular formula is C57H39N. The summed E-state index contributed by atoms with van der Waals surface area (Å²) < 4.78 is 0. The molecule has 0 spiro atoms. The van der Waals surface area contributed by atoms with Crippen LogP contribution in [-0.4, -0.2) is 0 Å². The van der Waals surface area contributed by atoms with E-state index in [1.807, 2.05) is 0 Å². The van der Waals surface area contributed by atoms with E-state index in [1.165, 1.54) is 77.2 Å². The summed E-state index contributed by atoms with van der Waals surface area (Å²) in [5, 5.41) is 5.07. The maximum atomic E-state index is 2.49. The first-order valence-corrected chi connectivity index (χ1v) is 20.1. The van der Waals surface area contributed by atoms with E-state index in [9.17, 15) is 0 Å². The lowest BCUT2D eigenvalue weighted by atomic mass is 9.67. The summed E-state index contributed by atoms with van der Waals surface area (Å²) >= 11 is 0. The number of rotatable bonds is 7. The van der Waals surface area contributed by atoms with Gasteiger partial charge in [-0.1, -0.05) is 188 Å². The first-order chi connectivity index (χ1) is 28.8. The van der Waals surface area contributed by atoms with Crippen LogP contribution in [0.1, 0.15) is 22.3 Å². The molecule has 0 aliphatic heterocycles. The van der Waals surface area contributed by atoms with Gasteiger partial charge in [0, 0.05) is 17.1 Å². The molecule has 10 aromatic rings. The van der Waals surface area contributed by atoms with Crippen LogP contribution < -0.4 is 4.90 Å². The molecule has 0 unspecified atom stereocenters. The summed E-state index contributed by atoms with van der Waals surface area (Å²) in [6, 6.07) is 86.9. The van der Waals surface area contributed by atoms with Gasteiger partial charge in [0.1, 0.15) is 0 Å². The van der Waals surface area contributed by atoms with Gasteiger partial charge in [0.25, 0.3) is 0 Å². The first kappa shape index (κ1) is 33.8. The predicted molar refractivity (Wildman–Crippen MR) is 244 cm³/mol. The second-order valence-corrected chi connectivity index (χ2v) is 15.2. The zero-order chi connectivity index (χ0) is 38.5. The summed E-state index contributed by atoms with van der Waals surface area (Å²) in [7, 11) is 0. The third-order valence-electron chi connectivity index (χ3n) is 12.1. The Kier molecular flexibility index (Phi) is 8.12. The minimum atomic E-state index is -0.578. The van der Waals surface area contributed by atoms with Gasteiger partial charge < -0.3 is 4.90 Å². The average molecular weight is 738 g/mol. The van der Waals surface area contributed by atoms with Crippen molar-refractivity contribution < 1.29 is 0 Å². The lowest BCUT2D eigenvalue weighted by Crippen LogP contribution is -2.28. The summed E-state index contributed by atoms with van der Waals surface area (Å²) in [5.41, 5.74) is 15.2. The monoisotopic (exact) mass is 737 g/mol. The standard InChI is InChI=1S/C57H39N/c1-5-17-40(18-6-1)41-29-32-47(33-30-41)58(46-24-11-4-12-25-46)48-34-36-53-52-35-31-43(54-37-42-19-13-14-26-49(42)50-27-15-16-28-51(50)54)38-55(52)57(56(53)39-48,44-20-7-2-8-21-44)45-22-9-3-10-23-45/h1-39H. The molecule has 272 valence electrons. The van der Waals surface area contributed by atoms with Gasteiger partial charge in [-0.05, 0) is 126 Å². The Balaban J connectivity index is 1.16. The van der Waals surface area contributed by atoms with Crippen molar-refractivity contribution in [3.05, 3.63) is 259 Å². The van der Waals surface area contributed by atoms with Crippen molar-refractivity contribution >= 4 is 38.6 Å². The van der Waals surface area contributed by atoms with E-state index in [4.69, 9.17) is 0 Å². The Labute approximate surface area is 339 Å². The van der Waals surface area contributed by atoms with Crippen molar-refractivity contribution in [2.45, 2.75) is 5.41 Å². The van der Waals surface area contributed by atoms with Crippen LogP contribution in [0.5, 0.6) is 0 Å². The van der Waals surface area contributed by atoms with Crippen molar-refractivity contribution in [2.24, 2.45) is 0 Å². The highest BCUT2D eigenvalue weighted by Crippen LogP contribution is 2.58. The Morgan fingerprint density at radius 2 is 0.741 bits per heavy atom. The Morgan fingerprint density at radius 3 is 1.41 bits per heavy atom. The van der Waals surface area contributed by atoms with Gasteiger partial charge in [0.2, 0.25) is 0 Å². The highest BCUT2D eigenvalue weighted by molar-refractivity contribution is 6.14. The molecule has 0 saturated heterocycles. The maximum Gasteiger partial charge on any atom is 0.0714 e. The largest absolute Gasteiger partial charge is 0.310 e. The van der Waals surface area contributed by atoms with Gasteiger partial charge in [-0.15, -0.1) is 0 Å². The Morgan fingerprint density at radius 1 is 0.276 bits per heavy atom. The molecule has 1 aliphatic rings. The van der Waals surface area contributed by atoms with Gasteiger partial charge in [-0.3, -0.25) is 0 Å². The summed E-state index contributed by atoms with van der Waals surface area (Å²) in [6.45, 7) is 0. The van der Waals surface area contributed by atoms with Gasteiger partial charge in [-0.25, -0.2) is 0 Å². The molecule has 0 aromatic heterocycles. The third kappa shape index (κ3) is 5.39. The number of hydrogen-bond acceptors (Lipinski definition) is 1. The molecule has 0 heterocycles. The van der Waals surface area contributed by atoms with E-state index in [-0.39, 0.29) is 0 Å². The smallest absolute Gasteiger partial charge is 0.0714 e. The average Bonchev–Trinajstić information content (AvgIpc) is 3.60. The minimum absolute atomic E-state index is 0.578.